The molecule has 96 valence electrons. The van der Waals surface area contributed by atoms with Gasteiger partial charge in [-0.15, -0.1) is 11.3 Å². The van der Waals surface area contributed by atoms with Crippen molar-refractivity contribution in [1.82, 2.24) is 4.72 Å². The Morgan fingerprint density at radius 1 is 1.59 bits per heavy atom. The van der Waals surface area contributed by atoms with Crippen LogP contribution >= 0.6 is 27.3 Å². The predicted molar refractivity (Wildman–Crippen MR) is 65.7 cm³/mol. The normalized spacial score (nSPS) is 11.6. The molecule has 1 heterocycles. The molecule has 0 aliphatic rings. The maximum absolute atomic E-state index is 11.7. The van der Waals surface area contributed by atoms with Gasteiger partial charge in [0.1, 0.15) is 10.8 Å². The Hall–Kier alpha value is -0.480. The molecule has 17 heavy (non-hydrogen) atoms. The molecular weight excluding hydrogens is 334 g/mol. The van der Waals surface area contributed by atoms with Gasteiger partial charge in [0.2, 0.25) is 0 Å². The minimum atomic E-state index is -3.55. The zero-order chi connectivity index (χ0) is 12.9. The molecule has 6 nitrogen and oxygen atoms in total. The van der Waals surface area contributed by atoms with E-state index in [1.807, 2.05) is 0 Å². The van der Waals surface area contributed by atoms with E-state index in [1.54, 1.807) is 11.4 Å². The second-order valence-electron chi connectivity index (χ2n) is 2.90. The lowest BCUT2D eigenvalue weighted by Crippen LogP contribution is -2.27. The van der Waals surface area contributed by atoms with Crippen LogP contribution in [0.1, 0.15) is 0 Å². The van der Waals surface area contributed by atoms with E-state index in [0.29, 0.717) is 4.47 Å². The number of carboxylic acids is 1. The molecule has 0 spiro atoms. The Bertz CT molecular complexity index is 484. The Balaban J connectivity index is 2.41. The van der Waals surface area contributed by atoms with Gasteiger partial charge in [-0.2, -0.15) is 0 Å². The third kappa shape index (κ3) is 4.72. The first kappa shape index (κ1) is 14.6. The van der Waals surface area contributed by atoms with E-state index in [2.05, 4.69) is 20.7 Å². The van der Waals surface area contributed by atoms with E-state index in [1.165, 1.54) is 0 Å². The van der Waals surface area contributed by atoms with Crippen LogP contribution in [-0.2, 0) is 19.6 Å². The van der Waals surface area contributed by atoms with Crippen molar-refractivity contribution in [2.45, 2.75) is 4.21 Å². The third-order valence-electron chi connectivity index (χ3n) is 1.59. The van der Waals surface area contributed by atoms with Crippen molar-refractivity contribution in [1.29, 1.82) is 0 Å². The number of halogens is 1. The van der Waals surface area contributed by atoms with Gasteiger partial charge in [0.05, 0.1) is 6.61 Å². The number of ether oxygens (including phenoxy) is 1. The summed E-state index contributed by atoms with van der Waals surface area (Å²) in [7, 11) is -3.55. The number of sulfonamides is 1. The fourth-order valence-electron chi connectivity index (χ4n) is 0.945. The molecule has 0 saturated carbocycles. The zero-order valence-electron chi connectivity index (χ0n) is 8.55. The van der Waals surface area contributed by atoms with E-state index < -0.39 is 22.6 Å². The van der Waals surface area contributed by atoms with Crippen molar-refractivity contribution in [3.05, 3.63) is 15.9 Å². The molecular formula is C8H10BrNO5S2. The summed E-state index contributed by atoms with van der Waals surface area (Å²) >= 11 is 4.22. The number of hydrogen-bond acceptors (Lipinski definition) is 5. The molecule has 1 aromatic rings. The molecule has 0 fully saturated rings. The summed E-state index contributed by atoms with van der Waals surface area (Å²) < 4.78 is 31.1. The maximum Gasteiger partial charge on any atom is 0.329 e. The zero-order valence-corrected chi connectivity index (χ0v) is 11.8. The smallest absolute Gasteiger partial charge is 0.329 e. The van der Waals surface area contributed by atoms with Crippen LogP contribution in [0.25, 0.3) is 0 Å². The summed E-state index contributed by atoms with van der Waals surface area (Å²) in [5.74, 6) is -1.09. The fourth-order valence-corrected chi connectivity index (χ4v) is 4.34. The molecule has 2 N–H and O–H groups in total. The highest BCUT2D eigenvalue weighted by molar-refractivity contribution is 9.10. The van der Waals surface area contributed by atoms with Crippen LogP contribution in [0.15, 0.2) is 20.1 Å². The van der Waals surface area contributed by atoms with Gasteiger partial charge in [-0.25, -0.2) is 17.9 Å². The molecule has 0 bridgehead atoms. The van der Waals surface area contributed by atoms with Gasteiger partial charge in [0.25, 0.3) is 10.0 Å². The van der Waals surface area contributed by atoms with E-state index in [4.69, 9.17) is 9.84 Å². The Morgan fingerprint density at radius 2 is 2.29 bits per heavy atom. The molecule has 0 radical (unpaired) electrons. The first-order valence-electron chi connectivity index (χ1n) is 4.45. The van der Waals surface area contributed by atoms with Gasteiger partial charge in [-0.05, 0) is 27.4 Å². The topological polar surface area (TPSA) is 92.7 Å². The summed E-state index contributed by atoms with van der Waals surface area (Å²) in [5, 5.41) is 9.94. The maximum atomic E-state index is 11.7. The van der Waals surface area contributed by atoms with Gasteiger partial charge < -0.3 is 9.84 Å². The number of hydrogen-bond donors (Lipinski definition) is 2. The number of rotatable bonds is 7. The molecule has 0 saturated heterocycles. The van der Waals surface area contributed by atoms with Gasteiger partial charge in [0, 0.05) is 11.0 Å². The van der Waals surface area contributed by atoms with Crippen molar-refractivity contribution in [2.24, 2.45) is 0 Å². The second kappa shape index (κ2) is 6.45. The largest absolute Gasteiger partial charge is 0.480 e. The molecule has 1 rings (SSSR count). The minimum Gasteiger partial charge on any atom is -0.480 e. The van der Waals surface area contributed by atoms with E-state index in [9.17, 15) is 13.2 Å². The van der Waals surface area contributed by atoms with E-state index in [-0.39, 0.29) is 17.4 Å². The summed E-state index contributed by atoms with van der Waals surface area (Å²) in [6.07, 6.45) is 0. The predicted octanol–water partition coefficient (Wildman–Crippen LogP) is 0.890. The molecule has 0 aromatic carbocycles. The molecule has 0 amide bonds. The highest BCUT2D eigenvalue weighted by Gasteiger charge is 2.18. The molecule has 9 heteroatoms. The average Bonchev–Trinajstić information content (AvgIpc) is 2.64. The number of aliphatic carboxylic acids is 1. The van der Waals surface area contributed by atoms with Crippen LogP contribution in [-0.4, -0.2) is 39.3 Å². The van der Waals surface area contributed by atoms with Crippen LogP contribution in [0, 0.1) is 0 Å². The first-order chi connectivity index (χ1) is 7.93. The van der Waals surface area contributed by atoms with Crippen molar-refractivity contribution in [3.63, 3.8) is 0 Å². The van der Waals surface area contributed by atoms with Gasteiger partial charge in [0.15, 0.2) is 0 Å². The number of thiophene rings is 1. The molecule has 0 atom stereocenters. The Labute approximate surface area is 111 Å². The van der Waals surface area contributed by atoms with E-state index in [0.717, 1.165) is 11.3 Å². The van der Waals surface area contributed by atoms with Crippen LogP contribution in [0.3, 0.4) is 0 Å². The van der Waals surface area contributed by atoms with Crippen LogP contribution < -0.4 is 4.72 Å². The molecule has 1 aromatic heterocycles. The number of carbonyl (C=O) groups is 1. The van der Waals surface area contributed by atoms with Gasteiger partial charge in [-0.1, -0.05) is 0 Å². The van der Waals surface area contributed by atoms with Crippen LogP contribution in [0.2, 0.25) is 0 Å². The Kier molecular flexibility index (Phi) is 5.53. The molecule has 0 aliphatic carbocycles. The lowest BCUT2D eigenvalue weighted by Gasteiger charge is -2.05. The fraction of sp³-hybridized carbons (Fsp3) is 0.375. The molecule has 0 aliphatic heterocycles. The lowest BCUT2D eigenvalue weighted by atomic mass is 10.7. The van der Waals surface area contributed by atoms with Crippen LogP contribution in [0.4, 0.5) is 0 Å². The number of carboxylic acid groups (broad SMARTS) is 1. The van der Waals surface area contributed by atoms with Crippen molar-refractivity contribution >= 4 is 43.3 Å². The molecule has 0 unspecified atom stereocenters. The van der Waals surface area contributed by atoms with Crippen molar-refractivity contribution in [2.75, 3.05) is 19.8 Å². The quantitative estimate of drug-likeness (QED) is 0.717. The van der Waals surface area contributed by atoms with Crippen LogP contribution in [0.5, 0.6) is 0 Å². The van der Waals surface area contributed by atoms with Gasteiger partial charge >= 0.3 is 5.97 Å². The Morgan fingerprint density at radius 3 is 2.82 bits per heavy atom. The lowest BCUT2D eigenvalue weighted by molar-refractivity contribution is -0.142. The third-order valence-corrected chi connectivity index (χ3v) is 5.72. The van der Waals surface area contributed by atoms with Crippen molar-refractivity contribution in [3.8, 4) is 0 Å². The van der Waals surface area contributed by atoms with E-state index >= 15 is 0 Å². The highest BCUT2D eigenvalue weighted by atomic mass is 79.9. The summed E-state index contributed by atoms with van der Waals surface area (Å²) in [4.78, 5) is 10.1. The minimum absolute atomic E-state index is 0.00846. The first-order valence-corrected chi connectivity index (χ1v) is 7.61. The second-order valence-corrected chi connectivity index (χ2v) is 6.63. The number of nitrogens with one attached hydrogen (secondary N) is 1. The van der Waals surface area contributed by atoms with Crippen molar-refractivity contribution < 1.29 is 23.1 Å². The highest BCUT2D eigenvalue weighted by Crippen LogP contribution is 2.26. The summed E-state index contributed by atoms with van der Waals surface area (Å²) in [5.41, 5.74) is 0. The van der Waals surface area contributed by atoms with Gasteiger partial charge in [-0.3, -0.25) is 0 Å². The standard InChI is InChI=1S/C8H10BrNO5S2/c9-6-1-4-16-8(6)17(13,14)10-2-3-15-5-7(11)12/h1,4,10H,2-3,5H2,(H,11,12). The summed E-state index contributed by atoms with van der Waals surface area (Å²) in [6, 6.07) is 1.64. The SMILES string of the molecule is O=C(O)COCCNS(=O)(=O)c1sccc1Br. The average molecular weight is 344 g/mol. The summed E-state index contributed by atoms with van der Waals surface area (Å²) in [6.45, 7) is -0.404. The monoisotopic (exact) mass is 343 g/mol.